The van der Waals surface area contributed by atoms with E-state index in [4.69, 9.17) is 0 Å². The first-order chi connectivity index (χ1) is 9.63. The predicted octanol–water partition coefficient (Wildman–Crippen LogP) is 4.22. The number of hydrogen-bond donors (Lipinski definition) is 1. The first-order valence-corrected chi connectivity index (χ1v) is 7.70. The average Bonchev–Trinajstić information content (AvgIpc) is 2.72. The van der Waals surface area contributed by atoms with E-state index >= 15 is 0 Å². The first-order valence-electron chi connectivity index (χ1n) is 7.70. The lowest BCUT2D eigenvalue weighted by Crippen LogP contribution is -2.21. The molecule has 3 rings (SSSR count). The first kappa shape index (κ1) is 13.4. The number of hydrogen-bond acceptors (Lipinski definition) is 2. The largest absolute Gasteiger partial charge is 0.511 e. The Morgan fingerprint density at radius 3 is 2.55 bits per heavy atom. The normalized spacial score (nSPS) is 26.0. The Labute approximate surface area is 120 Å². The molecule has 1 aromatic rings. The molecule has 2 aliphatic rings. The van der Waals surface area contributed by atoms with Crippen molar-refractivity contribution in [2.24, 2.45) is 11.8 Å². The summed E-state index contributed by atoms with van der Waals surface area (Å²) in [5.41, 5.74) is 3.93. The number of carbonyl (C=O) groups is 1. The maximum atomic E-state index is 12.7. The fourth-order valence-electron chi connectivity index (χ4n) is 3.80. The van der Waals surface area contributed by atoms with Crippen molar-refractivity contribution in [3.8, 4) is 0 Å². The van der Waals surface area contributed by atoms with E-state index in [1.54, 1.807) is 0 Å². The number of allylic oxidation sites excluding steroid dienone is 2. The summed E-state index contributed by atoms with van der Waals surface area (Å²) >= 11 is 0. The van der Waals surface area contributed by atoms with E-state index in [1.165, 1.54) is 11.1 Å². The number of Topliss-reactive ketones (excluding diaryl/α,β-unsaturated/α-hetero) is 1. The smallest absolute Gasteiger partial charge is 0.170 e. The van der Waals surface area contributed by atoms with Crippen molar-refractivity contribution in [1.82, 2.24) is 0 Å². The highest BCUT2D eigenvalue weighted by Gasteiger charge is 2.43. The second kappa shape index (κ2) is 5.08. The molecule has 0 radical (unpaired) electrons. The molecule has 2 nitrogen and oxygen atoms in total. The van der Waals surface area contributed by atoms with Crippen LogP contribution in [-0.2, 0) is 11.2 Å². The molecule has 0 spiro atoms. The molecule has 0 aliphatic heterocycles. The van der Waals surface area contributed by atoms with Crippen molar-refractivity contribution >= 4 is 11.4 Å². The number of aliphatic hydroxyl groups is 1. The summed E-state index contributed by atoms with van der Waals surface area (Å²) in [4.78, 5) is 12.7. The summed E-state index contributed by atoms with van der Waals surface area (Å²) in [6, 6.07) is 6.17. The summed E-state index contributed by atoms with van der Waals surface area (Å²) < 4.78 is 0. The van der Waals surface area contributed by atoms with Gasteiger partial charge in [0.2, 0.25) is 0 Å². The van der Waals surface area contributed by atoms with E-state index in [1.807, 2.05) is 12.1 Å². The lowest BCUT2D eigenvalue weighted by atomic mass is 9.80. The number of aryl methyl sites for hydroxylation is 2. The van der Waals surface area contributed by atoms with E-state index in [0.29, 0.717) is 11.3 Å². The molecular formula is C18H22O2. The minimum Gasteiger partial charge on any atom is -0.511 e. The lowest BCUT2D eigenvalue weighted by Gasteiger charge is -2.23. The van der Waals surface area contributed by atoms with Crippen LogP contribution in [0.2, 0.25) is 0 Å². The van der Waals surface area contributed by atoms with Crippen LogP contribution in [0, 0.1) is 18.8 Å². The number of aliphatic hydroxyl groups excluding tert-OH is 1. The minimum absolute atomic E-state index is 0.0322. The number of fused-ring (bicyclic) bond motifs is 1. The summed E-state index contributed by atoms with van der Waals surface area (Å²) in [7, 11) is 0. The van der Waals surface area contributed by atoms with Crippen molar-refractivity contribution in [1.29, 1.82) is 0 Å². The van der Waals surface area contributed by atoms with Gasteiger partial charge in [-0.3, -0.25) is 4.79 Å². The van der Waals surface area contributed by atoms with Gasteiger partial charge in [0, 0.05) is 11.8 Å². The molecule has 20 heavy (non-hydrogen) atoms. The van der Waals surface area contributed by atoms with Crippen molar-refractivity contribution in [3.63, 3.8) is 0 Å². The molecule has 2 heteroatoms. The van der Waals surface area contributed by atoms with Gasteiger partial charge in [0.25, 0.3) is 0 Å². The third-order valence-electron chi connectivity index (χ3n) is 4.87. The zero-order valence-electron chi connectivity index (χ0n) is 12.3. The van der Waals surface area contributed by atoms with Crippen molar-refractivity contribution < 1.29 is 9.90 Å². The topological polar surface area (TPSA) is 37.3 Å². The molecular weight excluding hydrogens is 248 g/mol. The Bertz CT molecular complexity index is 583. The molecule has 0 bridgehead atoms. The average molecular weight is 270 g/mol. The van der Waals surface area contributed by atoms with Gasteiger partial charge in [-0.25, -0.2) is 0 Å². The Morgan fingerprint density at radius 2 is 1.90 bits per heavy atom. The maximum absolute atomic E-state index is 12.7. The molecule has 0 heterocycles. The Hall–Kier alpha value is -1.57. The van der Waals surface area contributed by atoms with E-state index in [-0.39, 0.29) is 17.6 Å². The van der Waals surface area contributed by atoms with Gasteiger partial charge >= 0.3 is 0 Å². The Morgan fingerprint density at radius 1 is 1.20 bits per heavy atom. The van der Waals surface area contributed by atoms with Crippen molar-refractivity contribution in [3.05, 3.63) is 40.6 Å². The van der Waals surface area contributed by atoms with Gasteiger partial charge in [-0.1, -0.05) is 43.5 Å². The quantitative estimate of drug-likeness (QED) is 0.873. The number of rotatable bonds is 2. The number of benzene rings is 1. The molecule has 0 aromatic heterocycles. The molecule has 1 saturated carbocycles. The van der Waals surface area contributed by atoms with Gasteiger partial charge in [-0.05, 0) is 37.3 Å². The van der Waals surface area contributed by atoms with E-state index in [2.05, 4.69) is 19.9 Å². The molecule has 2 unspecified atom stereocenters. The summed E-state index contributed by atoms with van der Waals surface area (Å²) in [5, 5.41) is 10.6. The highest BCUT2D eigenvalue weighted by molar-refractivity contribution is 6.25. The maximum Gasteiger partial charge on any atom is 0.170 e. The Balaban J connectivity index is 2.09. The van der Waals surface area contributed by atoms with Crippen LogP contribution in [0.3, 0.4) is 0 Å². The minimum atomic E-state index is 0.0322. The highest BCUT2D eigenvalue weighted by Crippen LogP contribution is 2.46. The lowest BCUT2D eigenvalue weighted by molar-refractivity contribution is -0.118. The standard InChI is InChI=1S/C18H22O2/c1-3-12-10-11(2)8-9-13(12)16-17(19)14-6-4-5-7-15(14)18(16)20/h8-10,14-15,19H,3-7H2,1-2H3. The predicted molar refractivity (Wildman–Crippen MR) is 80.6 cm³/mol. The molecule has 106 valence electrons. The van der Waals surface area contributed by atoms with Crippen LogP contribution >= 0.6 is 0 Å². The second-order valence-electron chi connectivity index (χ2n) is 6.14. The second-order valence-corrected chi connectivity index (χ2v) is 6.14. The van der Waals surface area contributed by atoms with Crippen LogP contribution in [0.1, 0.15) is 49.3 Å². The zero-order chi connectivity index (χ0) is 14.3. The number of carbonyl (C=O) groups excluding carboxylic acids is 1. The summed E-state index contributed by atoms with van der Waals surface area (Å²) in [5.74, 6) is 0.644. The van der Waals surface area contributed by atoms with Crippen LogP contribution in [0.5, 0.6) is 0 Å². The molecule has 0 amide bonds. The van der Waals surface area contributed by atoms with Crippen LogP contribution in [0.4, 0.5) is 0 Å². The zero-order valence-corrected chi connectivity index (χ0v) is 12.3. The van der Waals surface area contributed by atoms with Gasteiger partial charge in [-0.2, -0.15) is 0 Å². The fourth-order valence-corrected chi connectivity index (χ4v) is 3.80. The van der Waals surface area contributed by atoms with Crippen LogP contribution in [-0.4, -0.2) is 10.9 Å². The molecule has 1 N–H and O–H groups in total. The summed E-state index contributed by atoms with van der Waals surface area (Å²) in [6.07, 6.45) is 5.02. The van der Waals surface area contributed by atoms with E-state index in [9.17, 15) is 9.90 Å². The Kier molecular flexibility index (Phi) is 3.41. The van der Waals surface area contributed by atoms with Crippen LogP contribution in [0.25, 0.3) is 5.57 Å². The fraction of sp³-hybridized carbons (Fsp3) is 0.500. The van der Waals surface area contributed by atoms with E-state index < -0.39 is 0 Å². The number of ketones is 1. The van der Waals surface area contributed by atoms with Crippen LogP contribution in [0.15, 0.2) is 24.0 Å². The monoisotopic (exact) mass is 270 g/mol. The third-order valence-corrected chi connectivity index (χ3v) is 4.87. The van der Waals surface area contributed by atoms with Gasteiger partial charge in [-0.15, -0.1) is 0 Å². The molecule has 2 atom stereocenters. The van der Waals surface area contributed by atoms with Gasteiger partial charge in [0.1, 0.15) is 5.76 Å². The highest BCUT2D eigenvalue weighted by atomic mass is 16.3. The molecule has 1 fully saturated rings. The van der Waals surface area contributed by atoms with Crippen molar-refractivity contribution in [2.45, 2.75) is 46.0 Å². The third kappa shape index (κ3) is 1.98. The van der Waals surface area contributed by atoms with E-state index in [0.717, 1.165) is 37.7 Å². The van der Waals surface area contributed by atoms with Crippen molar-refractivity contribution in [2.75, 3.05) is 0 Å². The van der Waals surface area contributed by atoms with Gasteiger partial charge in [0.15, 0.2) is 5.78 Å². The molecule has 1 aromatic carbocycles. The SMILES string of the molecule is CCc1cc(C)ccc1C1=C(O)C2CCCCC2C1=O. The molecule has 0 saturated heterocycles. The van der Waals surface area contributed by atoms with Crippen LogP contribution < -0.4 is 0 Å². The van der Waals surface area contributed by atoms with Gasteiger partial charge < -0.3 is 5.11 Å². The molecule has 2 aliphatic carbocycles. The summed E-state index contributed by atoms with van der Waals surface area (Å²) in [6.45, 7) is 4.16. The van der Waals surface area contributed by atoms with Gasteiger partial charge in [0.05, 0.1) is 5.57 Å².